The van der Waals surface area contributed by atoms with Crippen LogP contribution in [-0.4, -0.2) is 29.7 Å². The molecule has 4 aromatic heterocycles. The molecule has 0 aliphatic carbocycles. The van der Waals surface area contributed by atoms with Crippen LogP contribution in [0.5, 0.6) is 0 Å². The first-order valence-corrected chi connectivity index (χ1v) is 12.2. The van der Waals surface area contributed by atoms with Gasteiger partial charge in [-0.25, -0.2) is 9.97 Å². The van der Waals surface area contributed by atoms with Gasteiger partial charge >= 0.3 is 0 Å². The number of aryl methyl sites for hydroxylation is 3. The summed E-state index contributed by atoms with van der Waals surface area (Å²) in [5.41, 5.74) is 10.6. The van der Waals surface area contributed by atoms with Crippen LogP contribution in [0.2, 0.25) is 0 Å². The number of para-hydroxylation sites is 1. The third-order valence-corrected chi connectivity index (χ3v) is 7.79. The summed E-state index contributed by atoms with van der Waals surface area (Å²) in [5.74, 6) is 1.99. The maximum Gasteiger partial charge on any atom is 0.196 e. The SMILES string of the molecule is Cc1ccccc1-n1c(SC(C)c2nc(N)c3c(C)c(C)sc3n2)nnc1-c1ccncc1. The maximum absolute atomic E-state index is 6.33. The third kappa shape index (κ3) is 3.87. The standard InChI is InChI=1S/C24H23N7S2/c1-13-7-5-6-8-18(13)31-22(17-9-11-26-12-10-17)29-30-24(31)33-16(4)21-27-20(25)19-14(2)15(3)32-23(19)28-21/h5-12,16H,1-4H3,(H2,25,27,28). The Morgan fingerprint density at radius 2 is 1.76 bits per heavy atom. The number of hydrogen-bond donors (Lipinski definition) is 1. The summed E-state index contributed by atoms with van der Waals surface area (Å²) in [7, 11) is 0. The van der Waals surface area contributed by atoms with Crippen LogP contribution >= 0.6 is 23.1 Å². The van der Waals surface area contributed by atoms with Gasteiger partial charge in [0, 0.05) is 22.8 Å². The van der Waals surface area contributed by atoms with Gasteiger partial charge in [-0.1, -0.05) is 30.0 Å². The molecule has 0 fully saturated rings. The fourth-order valence-electron chi connectivity index (χ4n) is 3.76. The van der Waals surface area contributed by atoms with Crippen LogP contribution in [0.3, 0.4) is 0 Å². The molecule has 0 saturated carbocycles. The lowest BCUT2D eigenvalue weighted by Crippen LogP contribution is -2.05. The quantitative estimate of drug-likeness (QED) is 0.327. The molecule has 0 saturated heterocycles. The number of benzene rings is 1. The molecule has 0 spiro atoms. The molecule has 9 heteroatoms. The van der Waals surface area contributed by atoms with Crippen LogP contribution in [0.1, 0.15) is 34.0 Å². The lowest BCUT2D eigenvalue weighted by Gasteiger charge is -2.15. The van der Waals surface area contributed by atoms with Crippen LogP contribution in [0.4, 0.5) is 5.82 Å². The molecule has 5 rings (SSSR count). The van der Waals surface area contributed by atoms with Crippen molar-refractivity contribution in [1.29, 1.82) is 0 Å². The summed E-state index contributed by atoms with van der Waals surface area (Å²) in [6.45, 7) is 8.31. The van der Waals surface area contributed by atoms with Gasteiger partial charge in [0.1, 0.15) is 16.5 Å². The topological polar surface area (TPSA) is 95.4 Å². The van der Waals surface area contributed by atoms with Crippen LogP contribution < -0.4 is 5.73 Å². The minimum absolute atomic E-state index is 0.0725. The monoisotopic (exact) mass is 473 g/mol. The number of nitrogens with zero attached hydrogens (tertiary/aromatic N) is 6. The lowest BCUT2D eigenvalue weighted by molar-refractivity contribution is 0.862. The Hall–Kier alpha value is -3.30. The number of aromatic nitrogens is 6. The van der Waals surface area contributed by atoms with Crippen molar-refractivity contribution < 1.29 is 0 Å². The second-order valence-corrected chi connectivity index (χ2v) is 10.4. The van der Waals surface area contributed by atoms with Gasteiger partial charge in [-0.15, -0.1) is 21.5 Å². The van der Waals surface area contributed by atoms with Gasteiger partial charge < -0.3 is 5.73 Å². The van der Waals surface area contributed by atoms with Crippen LogP contribution in [0.25, 0.3) is 27.3 Å². The van der Waals surface area contributed by atoms with Crippen LogP contribution in [-0.2, 0) is 0 Å². The van der Waals surface area contributed by atoms with Crippen LogP contribution in [0.15, 0.2) is 53.9 Å². The van der Waals surface area contributed by atoms with E-state index in [0.29, 0.717) is 11.6 Å². The Bertz CT molecular complexity index is 1460. The molecule has 0 bridgehead atoms. The molecule has 1 atom stereocenters. The summed E-state index contributed by atoms with van der Waals surface area (Å²) < 4.78 is 2.09. The van der Waals surface area contributed by atoms with E-state index >= 15 is 0 Å². The minimum atomic E-state index is -0.0725. The molecular formula is C24H23N7S2. The molecule has 5 aromatic rings. The first-order chi connectivity index (χ1) is 15.9. The van der Waals surface area contributed by atoms with Crippen molar-refractivity contribution in [2.24, 2.45) is 0 Å². The number of hydrogen-bond acceptors (Lipinski definition) is 8. The van der Waals surface area contributed by atoms with Gasteiger partial charge in [-0.05, 0) is 57.0 Å². The highest BCUT2D eigenvalue weighted by molar-refractivity contribution is 7.99. The second kappa shape index (κ2) is 8.57. The molecule has 1 aromatic carbocycles. The Morgan fingerprint density at radius 3 is 2.52 bits per heavy atom. The molecule has 0 amide bonds. The van der Waals surface area contributed by atoms with Gasteiger partial charge in [0.05, 0.1) is 16.3 Å². The second-order valence-electron chi connectivity index (χ2n) is 7.85. The number of fused-ring (bicyclic) bond motifs is 1. The summed E-state index contributed by atoms with van der Waals surface area (Å²) in [4.78, 5) is 15.8. The lowest BCUT2D eigenvalue weighted by atomic mass is 10.2. The van der Waals surface area contributed by atoms with Gasteiger partial charge in [0.2, 0.25) is 0 Å². The number of nitrogen functional groups attached to an aromatic ring is 1. The zero-order valence-electron chi connectivity index (χ0n) is 18.8. The van der Waals surface area contributed by atoms with Gasteiger partial charge in [0.25, 0.3) is 0 Å². The Kier molecular flexibility index (Phi) is 5.59. The Labute approximate surface area is 200 Å². The smallest absolute Gasteiger partial charge is 0.196 e. The summed E-state index contributed by atoms with van der Waals surface area (Å²) in [6.07, 6.45) is 3.52. The normalized spacial score (nSPS) is 12.4. The number of thioether (sulfide) groups is 1. The number of nitrogens with two attached hydrogens (primary N) is 1. The van der Waals surface area contributed by atoms with Crippen molar-refractivity contribution >= 4 is 39.1 Å². The highest BCUT2D eigenvalue weighted by atomic mass is 32.2. The van der Waals surface area contributed by atoms with Gasteiger partial charge in [-0.3, -0.25) is 9.55 Å². The van der Waals surface area contributed by atoms with Crippen molar-refractivity contribution in [3.8, 4) is 17.1 Å². The summed E-state index contributed by atoms with van der Waals surface area (Å²) >= 11 is 3.22. The van der Waals surface area contributed by atoms with Crippen LogP contribution in [0, 0.1) is 20.8 Å². The van der Waals surface area contributed by atoms with Crippen molar-refractivity contribution in [3.63, 3.8) is 0 Å². The zero-order chi connectivity index (χ0) is 23.1. The predicted octanol–water partition coefficient (Wildman–Crippen LogP) is 5.69. The van der Waals surface area contributed by atoms with Gasteiger partial charge in [-0.2, -0.15) is 0 Å². The van der Waals surface area contributed by atoms with E-state index in [1.54, 1.807) is 35.5 Å². The maximum atomic E-state index is 6.33. The van der Waals surface area contributed by atoms with E-state index in [4.69, 9.17) is 10.7 Å². The van der Waals surface area contributed by atoms with Crippen molar-refractivity contribution in [2.75, 3.05) is 5.73 Å². The summed E-state index contributed by atoms with van der Waals surface area (Å²) in [5, 5.41) is 10.7. The molecule has 2 N–H and O–H groups in total. The van der Waals surface area contributed by atoms with Crippen molar-refractivity contribution in [1.82, 2.24) is 29.7 Å². The molecule has 0 radical (unpaired) electrons. The predicted molar refractivity (Wildman–Crippen MR) is 135 cm³/mol. The largest absolute Gasteiger partial charge is 0.383 e. The number of pyridine rings is 1. The molecule has 33 heavy (non-hydrogen) atoms. The average molecular weight is 474 g/mol. The van der Waals surface area contributed by atoms with E-state index in [-0.39, 0.29) is 5.25 Å². The first kappa shape index (κ1) is 21.5. The molecule has 1 unspecified atom stereocenters. The Balaban J connectivity index is 1.58. The molecule has 7 nitrogen and oxygen atoms in total. The van der Waals surface area contributed by atoms with Crippen molar-refractivity contribution in [3.05, 3.63) is 70.6 Å². The van der Waals surface area contributed by atoms with Crippen molar-refractivity contribution in [2.45, 2.75) is 38.1 Å². The fourth-order valence-corrected chi connectivity index (χ4v) is 5.71. The summed E-state index contributed by atoms with van der Waals surface area (Å²) in [6, 6.07) is 12.1. The third-order valence-electron chi connectivity index (χ3n) is 5.65. The molecule has 166 valence electrons. The molecule has 4 heterocycles. The molecule has 0 aliphatic rings. The molecular weight excluding hydrogens is 450 g/mol. The van der Waals surface area contributed by atoms with E-state index in [1.807, 2.05) is 24.3 Å². The minimum Gasteiger partial charge on any atom is -0.383 e. The fraction of sp³-hybridized carbons (Fsp3) is 0.208. The van der Waals surface area contributed by atoms with E-state index in [9.17, 15) is 0 Å². The van der Waals surface area contributed by atoms with E-state index in [1.165, 1.54) is 4.88 Å². The molecule has 0 aliphatic heterocycles. The van der Waals surface area contributed by atoms with E-state index in [2.05, 4.69) is 64.6 Å². The first-order valence-electron chi connectivity index (χ1n) is 10.6. The average Bonchev–Trinajstić information content (AvgIpc) is 3.35. The number of thiophene rings is 1. The highest BCUT2D eigenvalue weighted by Crippen LogP contribution is 2.39. The number of anilines is 1. The zero-order valence-corrected chi connectivity index (χ0v) is 20.4. The van der Waals surface area contributed by atoms with Gasteiger partial charge in [0.15, 0.2) is 11.0 Å². The van der Waals surface area contributed by atoms with E-state index < -0.39 is 0 Å². The highest BCUT2D eigenvalue weighted by Gasteiger charge is 2.22. The number of rotatable bonds is 5. The van der Waals surface area contributed by atoms with E-state index in [0.717, 1.165) is 43.6 Å². The Morgan fingerprint density at radius 1 is 1.00 bits per heavy atom.